The highest BCUT2D eigenvalue weighted by molar-refractivity contribution is 6.07. The van der Waals surface area contributed by atoms with Gasteiger partial charge in [-0.2, -0.15) is 5.01 Å². The maximum absolute atomic E-state index is 12.6. The Morgan fingerprint density at radius 3 is 2.19 bits per heavy atom. The number of nitrogens with one attached hydrogen (secondary N) is 1. The fraction of sp³-hybridized carbons (Fsp3) is 0.526. The Morgan fingerprint density at radius 2 is 1.65 bits per heavy atom. The van der Waals surface area contributed by atoms with Gasteiger partial charge in [0, 0.05) is 0 Å². The molecule has 3 aliphatic heterocycles. The number of hydrogen-bond donors (Lipinski definition) is 1. The summed E-state index contributed by atoms with van der Waals surface area (Å²) in [5.74, 6) is -1.63. The lowest BCUT2D eigenvalue weighted by atomic mass is 9.81. The fourth-order valence-electron chi connectivity index (χ4n) is 4.28. The summed E-state index contributed by atoms with van der Waals surface area (Å²) in [5.41, 5.74) is 4.50. The molecule has 1 N–H and O–H groups in total. The molecule has 3 fully saturated rings. The number of hydrogen-bond acceptors (Lipinski definition) is 5. The van der Waals surface area contributed by atoms with E-state index in [0.717, 1.165) is 29.0 Å². The number of aryl methyl sites for hydroxylation is 2. The van der Waals surface area contributed by atoms with Gasteiger partial charge < -0.3 is 9.47 Å². The number of nitrogens with zero attached hydrogens (tertiary/aromatic N) is 1. The van der Waals surface area contributed by atoms with E-state index >= 15 is 0 Å². The average molecular weight is 358 g/mol. The number of imide groups is 1. The molecule has 3 heterocycles. The van der Waals surface area contributed by atoms with E-state index in [1.165, 1.54) is 0 Å². The van der Waals surface area contributed by atoms with Crippen LogP contribution in [-0.4, -0.2) is 41.0 Å². The van der Waals surface area contributed by atoms with Gasteiger partial charge in [-0.3, -0.25) is 19.8 Å². The number of amides is 3. The van der Waals surface area contributed by atoms with Crippen LogP contribution in [0.4, 0.5) is 0 Å². The molecule has 1 aromatic rings. The zero-order valence-electron chi connectivity index (χ0n) is 15.0. The molecule has 138 valence electrons. The number of ether oxygens (including phenoxy) is 2. The van der Waals surface area contributed by atoms with Gasteiger partial charge in [0.15, 0.2) is 6.10 Å². The van der Waals surface area contributed by atoms with Crippen LogP contribution in [0.3, 0.4) is 0 Å². The van der Waals surface area contributed by atoms with Crippen molar-refractivity contribution in [3.05, 3.63) is 29.3 Å². The molecule has 3 amide bonds. The van der Waals surface area contributed by atoms with Crippen LogP contribution >= 0.6 is 0 Å². The maximum atomic E-state index is 12.6. The summed E-state index contributed by atoms with van der Waals surface area (Å²) >= 11 is 0. The van der Waals surface area contributed by atoms with Gasteiger partial charge in [0.2, 0.25) is 0 Å². The summed E-state index contributed by atoms with van der Waals surface area (Å²) in [6, 6.07) is 5.68. The van der Waals surface area contributed by atoms with Crippen molar-refractivity contribution >= 4 is 17.7 Å². The number of hydrazine groups is 1. The van der Waals surface area contributed by atoms with Crippen LogP contribution < -0.4 is 10.2 Å². The molecule has 3 saturated heterocycles. The molecule has 0 aliphatic carbocycles. The lowest BCUT2D eigenvalue weighted by Gasteiger charge is -2.21. The largest absolute Gasteiger partial charge is 0.481 e. The maximum Gasteiger partial charge on any atom is 0.279 e. The minimum absolute atomic E-state index is 0.202. The first-order valence-electron chi connectivity index (χ1n) is 8.94. The first kappa shape index (κ1) is 17.0. The quantitative estimate of drug-likeness (QED) is 0.819. The highest BCUT2D eigenvalue weighted by atomic mass is 16.5. The van der Waals surface area contributed by atoms with Crippen LogP contribution in [0.15, 0.2) is 18.2 Å². The smallest absolute Gasteiger partial charge is 0.279 e. The van der Waals surface area contributed by atoms with Gasteiger partial charge in [-0.25, -0.2) is 0 Å². The molecular formula is C19H22N2O5. The first-order valence-corrected chi connectivity index (χ1v) is 8.94. The van der Waals surface area contributed by atoms with Gasteiger partial charge in [0.05, 0.1) is 24.0 Å². The predicted octanol–water partition coefficient (Wildman–Crippen LogP) is 1.26. The molecule has 26 heavy (non-hydrogen) atoms. The molecule has 7 nitrogen and oxygen atoms in total. The van der Waals surface area contributed by atoms with Crippen molar-refractivity contribution < 1.29 is 23.9 Å². The number of fused-ring (bicyclic) bond motifs is 5. The minimum Gasteiger partial charge on any atom is -0.481 e. The molecule has 5 atom stereocenters. The van der Waals surface area contributed by atoms with E-state index in [2.05, 4.69) is 5.43 Å². The average Bonchev–Trinajstić information content (AvgIpc) is 3.23. The molecule has 4 rings (SSSR count). The van der Waals surface area contributed by atoms with Crippen LogP contribution in [0.1, 0.15) is 30.9 Å². The van der Waals surface area contributed by atoms with Crippen molar-refractivity contribution in [3.8, 4) is 5.75 Å². The lowest BCUT2D eigenvalue weighted by molar-refractivity contribution is -0.153. The molecule has 2 bridgehead atoms. The topological polar surface area (TPSA) is 84.9 Å². The SMILES string of the molecule is Cc1cc(C)cc(O[C@H](C)C(=O)NN2C(=O)[C@@H]3[C@H](C2=O)[C@@H]2CC[C@H]3O2)c1. The van der Waals surface area contributed by atoms with Gasteiger partial charge in [-0.1, -0.05) is 6.07 Å². The molecule has 3 aliphatic rings. The second-order valence-corrected chi connectivity index (χ2v) is 7.41. The summed E-state index contributed by atoms with van der Waals surface area (Å²) in [6.07, 6.45) is 0.336. The first-order chi connectivity index (χ1) is 12.3. The van der Waals surface area contributed by atoms with Crippen molar-refractivity contribution in [3.63, 3.8) is 0 Å². The minimum atomic E-state index is -0.842. The highest BCUT2D eigenvalue weighted by Gasteiger charge is 2.63. The van der Waals surface area contributed by atoms with Gasteiger partial charge >= 0.3 is 0 Å². The second kappa shape index (κ2) is 6.09. The van der Waals surface area contributed by atoms with E-state index in [9.17, 15) is 14.4 Å². The third kappa shape index (κ3) is 2.67. The van der Waals surface area contributed by atoms with Gasteiger partial charge in [-0.15, -0.1) is 0 Å². The zero-order chi connectivity index (χ0) is 18.6. The number of carbonyl (C=O) groups excluding carboxylic acids is 3. The Kier molecular flexibility index (Phi) is 3.99. The Morgan fingerprint density at radius 1 is 1.12 bits per heavy atom. The van der Waals surface area contributed by atoms with Crippen LogP contribution in [0.5, 0.6) is 5.75 Å². The van der Waals surface area contributed by atoms with E-state index < -0.39 is 23.8 Å². The van der Waals surface area contributed by atoms with Gasteiger partial charge in [0.1, 0.15) is 5.75 Å². The number of benzene rings is 1. The third-order valence-corrected chi connectivity index (χ3v) is 5.38. The van der Waals surface area contributed by atoms with E-state index in [-0.39, 0.29) is 24.0 Å². The molecule has 0 spiro atoms. The summed E-state index contributed by atoms with van der Waals surface area (Å²) in [7, 11) is 0. The number of carbonyl (C=O) groups is 3. The predicted molar refractivity (Wildman–Crippen MR) is 90.9 cm³/mol. The molecule has 0 saturated carbocycles. The van der Waals surface area contributed by atoms with Crippen LogP contribution in [-0.2, 0) is 19.1 Å². The number of rotatable bonds is 4. The molecular weight excluding hydrogens is 336 g/mol. The van der Waals surface area contributed by atoms with Crippen molar-refractivity contribution in [1.29, 1.82) is 0 Å². The Hall–Kier alpha value is -2.41. The third-order valence-electron chi connectivity index (χ3n) is 5.38. The van der Waals surface area contributed by atoms with Gasteiger partial charge in [0.25, 0.3) is 17.7 Å². The van der Waals surface area contributed by atoms with E-state index in [1.54, 1.807) is 6.92 Å². The lowest BCUT2D eigenvalue weighted by Crippen LogP contribution is -2.51. The van der Waals surface area contributed by atoms with Crippen LogP contribution in [0.2, 0.25) is 0 Å². The van der Waals surface area contributed by atoms with Crippen molar-refractivity contribution in [1.82, 2.24) is 10.4 Å². The van der Waals surface area contributed by atoms with E-state index in [1.807, 2.05) is 32.0 Å². The van der Waals surface area contributed by atoms with E-state index in [4.69, 9.17) is 9.47 Å². The summed E-state index contributed by atoms with van der Waals surface area (Å²) in [5, 5.41) is 0.868. The highest BCUT2D eigenvalue weighted by Crippen LogP contribution is 2.48. The Labute approximate surface area is 151 Å². The molecule has 0 radical (unpaired) electrons. The summed E-state index contributed by atoms with van der Waals surface area (Å²) < 4.78 is 11.4. The standard InChI is InChI=1S/C19H22N2O5/c1-9-6-10(2)8-12(7-9)25-11(3)17(22)20-21-18(23)15-13-4-5-14(26-13)16(15)19(21)24/h6-8,11,13-16H,4-5H2,1-3H3,(H,20,22)/t11-,13-,14+,15+,16-/m1/s1. The van der Waals surface area contributed by atoms with Crippen LogP contribution in [0.25, 0.3) is 0 Å². The zero-order valence-corrected chi connectivity index (χ0v) is 15.0. The van der Waals surface area contributed by atoms with Crippen molar-refractivity contribution in [2.75, 3.05) is 0 Å². The summed E-state index contributed by atoms with van der Waals surface area (Å²) in [6.45, 7) is 5.48. The monoisotopic (exact) mass is 358 g/mol. The van der Waals surface area contributed by atoms with Crippen molar-refractivity contribution in [2.45, 2.75) is 51.9 Å². The van der Waals surface area contributed by atoms with E-state index in [0.29, 0.717) is 5.75 Å². The normalized spacial score (nSPS) is 30.5. The second-order valence-electron chi connectivity index (χ2n) is 7.41. The van der Waals surface area contributed by atoms with Crippen LogP contribution in [0, 0.1) is 25.7 Å². The molecule has 0 unspecified atom stereocenters. The Balaban J connectivity index is 1.43. The van der Waals surface area contributed by atoms with Crippen molar-refractivity contribution in [2.24, 2.45) is 11.8 Å². The molecule has 7 heteroatoms. The Bertz CT molecular complexity index is 744. The van der Waals surface area contributed by atoms with Gasteiger partial charge in [-0.05, 0) is 56.9 Å². The molecule has 0 aromatic heterocycles. The molecule has 1 aromatic carbocycles. The summed E-state index contributed by atoms with van der Waals surface area (Å²) in [4.78, 5) is 37.6. The fourth-order valence-corrected chi connectivity index (χ4v) is 4.28.